The van der Waals surface area contributed by atoms with Crippen LogP contribution in [0.2, 0.25) is 5.02 Å². The lowest BCUT2D eigenvalue weighted by atomic mass is 10.2. The molecule has 1 aromatic carbocycles. The average Bonchev–Trinajstić information content (AvgIpc) is 3.31. The van der Waals surface area contributed by atoms with Gasteiger partial charge in [-0.1, -0.05) is 49.1 Å². The third-order valence-electron chi connectivity index (χ3n) is 2.63. The van der Waals surface area contributed by atoms with Crippen LogP contribution in [0.1, 0.15) is 30.5 Å². The summed E-state index contributed by atoms with van der Waals surface area (Å²) in [4.78, 5) is 4.24. The molecule has 100 valence electrons. The second-order valence-corrected chi connectivity index (χ2v) is 5.05. The van der Waals surface area contributed by atoms with Crippen molar-refractivity contribution in [3.63, 3.8) is 0 Å². The fourth-order valence-corrected chi connectivity index (χ4v) is 1.57. The van der Waals surface area contributed by atoms with E-state index in [1.54, 1.807) is 6.20 Å². The van der Waals surface area contributed by atoms with Gasteiger partial charge in [0.1, 0.15) is 0 Å². The van der Waals surface area contributed by atoms with Crippen molar-refractivity contribution in [2.75, 3.05) is 0 Å². The molecule has 1 saturated carbocycles. The number of benzene rings is 1. The van der Waals surface area contributed by atoms with Crippen molar-refractivity contribution in [1.29, 1.82) is 0 Å². The third kappa shape index (κ3) is 6.37. The quantitative estimate of drug-likeness (QED) is 0.904. The molecule has 1 aromatic heterocycles. The van der Waals surface area contributed by atoms with Crippen molar-refractivity contribution in [3.8, 4) is 0 Å². The van der Waals surface area contributed by atoms with Gasteiger partial charge in [-0.05, 0) is 29.8 Å². The van der Waals surface area contributed by atoms with Crippen LogP contribution < -0.4 is 5.32 Å². The molecule has 0 spiro atoms. The largest absolute Gasteiger partial charge is 0.307 e. The molecule has 1 heterocycles. The van der Waals surface area contributed by atoms with Crippen LogP contribution in [0.25, 0.3) is 0 Å². The minimum absolute atomic E-state index is 0.772. The zero-order chi connectivity index (χ0) is 13.3. The van der Waals surface area contributed by atoms with Gasteiger partial charge in [0.05, 0.1) is 5.69 Å². The standard InChI is InChI=1S/C13H13ClN2.C3H6/c14-12-6-4-11(5-7-12)9-15-10-13-3-1-2-8-16-13;1-2-3-1/h1-8,15H,9-10H2;1-3H2. The molecular formula is C16H19ClN2. The Morgan fingerprint density at radius 3 is 2.26 bits per heavy atom. The fraction of sp³-hybridized carbons (Fsp3) is 0.312. The van der Waals surface area contributed by atoms with Gasteiger partial charge in [-0.25, -0.2) is 0 Å². The van der Waals surface area contributed by atoms with Crippen molar-refractivity contribution in [1.82, 2.24) is 10.3 Å². The minimum atomic E-state index is 0.772. The van der Waals surface area contributed by atoms with Gasteiger partial charge in [-0.15, -0.1) is 0 Å². The molecule has 0 amide bonds. The molecule has 0 atom stereocenters. The van der Waals surface area contributed by atoms with E-state index in [4.69, 9.17) is 11.6 Å². The molecule has 2 nitrogen and oxygen atoms in total. The molecule has 0 radical (unpaired) electrons. The first-order valence-corrected chi connectivity index (χ1v) is 7.07. The smallest absolute Gasteiger partial charge is 0.0541 e. The number of rotatable bonds is 4. The van der Waals surface area contributed by atoms with E-state index in [0.29, 0.717) is 0 Å². The van der Waals surface area contributed by atoms with Gasteiger partial charge < -0.3 is 5.32 Å². The number of halogens is 1. The zero-order valence-corrected chi connectivity index (χ0v) is 11.7. The minimum Gasteiger partial charge on any atom is -0.307 e. The Morgan fingerprint density at radius 2 is 1.68 bits per heavy atom. The Balaban J connectivity index is 0.000000390. The summed E-state index contributed by atoms with van der Waals surface area (Å²) in [6.07, 6.45) is 6.30. The lowest BCUT2D eigenvalue weighted by Crippen LogP contribution is -2.13. The predicted octanol–water partition coefficient (Wildman–Crippen LogP) is 4.20. The molecular weight excluding hydrogens is 256 g/mol. The van der Waals surface area contributed by atoms with E-state index in [2.05, 4.69) is 10.3 Å². The number of aromatic nitrogens is 1. The van der Waals surface area contributed by atoms with E-state index >= 15 is 0 Å². The summed E-state index contributed by atoms with van der Waals surface area (Å²) in [5, 5.41) is 4.10. The number of nitrogens with one attached hydrogen (secondary N) is 1. The average molecular weight is 275 g/mol. The van der Waals surface area contributed by atoms with Crippen LogP contribution in [0.5, 0.6) is 0 Å². The Labute approximate surface area is 119 Å². The van der Waals surface area contributed by atoms with E-state index < -0.39 is 0 Å². The maximum absolute atomic E-state index is 5.81. The molecule has 1 N–H and O–H groups in total. The van der Waals surface area contributed by atoms with Crippen LogP contribution in [-0.2, 0) is 13.1 Å². The molecule has 2 aromatic rings. The van der Waals surface area contributed by atoms with Gasteiger partial charge >= 0.3 is 0 Å². The summed E-state index contributed by atoms with van der Waals surface area (Å²) in [5.41, 5.74) is 2.27. The molecule has 19 heavy (non-hydrogen) atoms. The Morgan fingerprint density at radius 1 is 0.947 bits per heavy atom. The summed E-state index contributed by atoms with van der Waals surface area (Å²) in [6.45, 7) is 1.61. The monoisotopic (exact) mass is 274 g/mol. The van der Waals surface area contributed by atoms with Crippen LogP contribution in [0.3, 0.4) is 0 Å². The number of hydrogen-bond donors (Lipinski definition) is 1. The summed E-state index contributed by atoms with van der Waals surface area (Å²) >= 11 is 5.81. The number of nitrogens with zero attached hydrogens (tertiary/aromatic N) is 1. The van der Waals surface area contributed by atoms with Crippen LogP contribution in [-0.4, -0.2) is 4.98 Å². The highest BCUT2D eigenvalue weighted by Crippen LogP contribution is 2.14. The number of pyridine rings is 1. The maximum Gasteiger partial charge on any atom is 0.0541 e. The Hall–Kier alpha value is -1.38. The molecule has 3 heteroatoms. The number of hydrogen-bond acceptors (Lipinski definition) is 2. The van der Waals surface area contributed by atoms with E-state index in [-0.39, 0.29) is 0 Å². The van der Waals surface area contributed by atoms with Gasteiger partial charge in [-0.3, -0.25) is 4.98 Å². The fourth-order valence-electron chi connectivity index (χ4n) is 1.44. The van der Waals surface area contributed by atoms with E-state index in [1.807, 2.05) is 42.5 Å². The van der Waals surface area contributed by atoms with Gasteiger partial charge in [0, 0.05) is 24.3 Å². The molecule has 0 aliphatic heterocycles. The zero-order valence-electron chi connectivity index (χ0n) is 11.0. The van der Waals surface area contributed by atoms with Gasteiger partial charge in [0.2, 0.25) is 0 Å². The third-order valence-corrected chi connectivity index (χ3v) is 2.88. The molecule has 1 aliphatic carbocycles. The molecule has 0 saturated heterocycles. The first-order valence-electron chi connectivity index (χ1n) is 6.70. The molecule has 1 aliphatic rings. The van der Waals surface area contributed by atoms with Crippen LogP contribution >= 0.6 is 11.6 Å². The Bertz CT molecular complexity index is 463. The van der Waals surface area contributed by atoms with Crippen molar-refractivity contribution < 1.29 is 0 Å². The molecule has 1 fully saturated rings. The molecule has 0 unspecified atom stereocenters. The lowest BCUT2D eigenvalue weighted by Gasteiger charge is -2.04. The van der Waals surface area contributed by atoms with Crippen molar-refractivity contribution in [2.45, 2.75) is 32.4 Å². The summed E-state index contributed by atoms with van der Waals surface area (Å²) in [7, 11) is 0. The topological polar surface area (TPSA) is 24.9 Å². The SMILES string of the molecule is C1CC1.Clc1ccc(CNCc2ccccn2)cc1. The highest BCUT2D eigenvalue weighted by Gasteiger charge is 1.95. The second-order valence-electron chi connectivity index (χ2n) is 4.61. The molecule has 3 rings (SSSR count). The summed E-state index contributed by atoms with van der Waals surface area (Å²) in [6, 6.07) is 13.8. The normalized spacial score (nSPS) is 12.5. The van der Waals surface area contributed by atoms with Gasteiger partial charge in [0.25, 0.3) is 0 Å². The highest BCUT2D eigenvalue weighted by molar-refractivity contribution is 6.30. The van der Waals surface area contributed by atoms with Crippen LogP contribution in [0.4, 0.5) is 0 Å². The highest BCUT2D eigenvalue weighted by atomic mass is 35.5. The first kappa shape index (κ1) is 14.0. The van der Waals surface area contributed by atoms with Crippen molar-refractivity contribution in [2.24, 2.45) is 0 Å². The molecule has 0 bridgehead atoms. The lowest BCUT2D eigenvalue weighted by molar-refractivity contribution is 0.680. The van der Waals surface area contributed by atoms with E-state index in [1.165, 1.54) is 24.8 Å². The van der Waals surface area contributed by atoms with Crippen molar-refractivity contribution in [3.05, 3.63) is 64.9 Å². The summed E-state index contributed by atoms with van der Waals surface area (Å²) < 4.78 is 0. The summed E-state index contributed by atoms with van der Waals surface area (Å²) in [5.74, 6) is 0. The van der Waals surface area contributed by atoms with Crippen LogP contribution in [0, 0.1) is 0 Å². The first-order chi connectivity index (χ1) is 9.34. The predicted molar refractivity (Wildman–Crippen MR) is 80.1 cm³/mol. The van der Waals surface area contributed by atoms with E-state index in [9.17, 15) is 0 Å². The Kier molecular flexibility index (Phi) is 5.86. The van der Waals surface area contributed by atoms with E-state index in [0.717, 1.165) is 23.8 Å². The van der Waals surface area contributed by atoms with Gasteiger partial charge in [0.15, 0.2) is 0 Å². The van der Waals surface area contributed by atoms with Crippen LogP contribution in [0.15, 0.2) is 48.7 Å². The maximum atomic E-state index is 5.81. The van der Waals surface area contributed by atoms with Gasteiger partial charge in [-0.2, -0.15) is 0 Å². The van der Waals surface area contributed by atoms with Crippen molar-refractivity contribution >= 4 is 11.6 Å². The second kappa shape index (κ2) is 7.93.